The van der Waals surface area contributed by atoms with Gasteiger partial charge in [0.2, 0.25) is 0 Å². The quantitative estimate of drug-likeness (QED) is 0.721. The third kappa shape index (κ3) is 4.18. The van der Waals surface area contributed by atoms with Crippen LogP contribution < -0.4 is 5.56 Å². The number of rotatable bonds is 6. The topological polar surface area (TPSA) is 54.8 Å². The lowest BCUT2D eigenvalue weighted by molar-refractivity contribution is 0.0630. The molecule has 2 rings (SSSR count). The molecule has 1 aromatic heterocycles. The second-order valence-electron chi connectivity index (χ2n) is 5.67. The lowest BCUT2D eigenvalue weighted by Crippen LogP contribution is -2.49. The van der Waals surface area contributed by atoms with Crippen LogP contribution in [0.15, 0.2) is 23.1 Å². The number of ether oxygens (including phenoxy) is 1. The number of hydrogen-bond acceptors (Lipinski definition) is 4. The highest BCUT2D eigenvalue weighted by atomic mass is 16.5. The molecule has 1 aromatic rings. The average molecular weight is 307 g/mol. The summed E-state index contributed by atoms with van der Waals surface area (Å²) in [5.74, 6) is -0.153. The summed E-state index contributed by atoms with van der Waals surface area (Å²) in [5, 5.41) is 0. The normalized spacial score (nSPS) is 16.0. The molecule has 0 atom stereocenters. The van der Waals surface area contributed by atoms with Crippen molar-refractivity contribution in [1.82, 2.24) is 14.4 Å². The average Bonchev–Trinajstić information content (AvgIpc) is 2.54. The summed E-state index contributed by atoms with van der Waals surface area (Å²) >= 11 is 0. The third-order valence-corrected chi connectivity index (χ3v) is 4.09. The molecule has 0 bridgehead atoms. The molecule has 22 heavy (non-hydrogen) atoms. The van der Waals surface area contributed by atoms with Gasteiger partial charge < -0.3 is 14.2 Å². The monoisotopic (exact) mass is 307 g/mol. The highest BCUT2D eigenvalue weighted by molar-refractivity contribution is 5.93. The van der Waals surface area contributed by atoms with Crippen molar-refractivity contribution in [3.05, 3.63) is 34.2 Å². The maximum absolute atomic E-state index is 12.5. The zero-order valence-electron chi connectivity index (χ0n) is 13.5. The van der Waals surface area contributed by atoms with Gasteiger partial charge in [0.15, 0.2) is 0 Å². The number of nitrogens with zero attached hydrogens (tertiary/aromatic N) is 3. The Labute approximate surface area is 131 Å². The highest BCUT2D eigenvalue weighted by Crippen LogP contribution is 2.07. The second-order valence-corrected chi connectivity index (χ2v) is 5.67. The van der Waals surface area contributed by atoms with Gasteiger partial charge in [-0.1, -0.05) is 0 Å². The van der Waals surface area contributed by atoms with Crippen LogP contribution in [0, 0.1) is 0 Å². The first-order chi connectivity index (χ1) is 10.6. The minimum atomic E-state index is -0.227. The molecule has 1 amide bonds. The predicted molar refractivity (Wildman–Crippen MR) is 85.1 cm³/mol. The van der Waals surface area contributed by atoms with Crippen LogP contribution in [0.3, 0.4) is 0 Å². The van der Waals surface area contributed by atoms with Gasteiger partial charge in [-0.05, 0) is 31.5 Å². The fourth-order valence-corrected chi connectivity index (χ4v) is 2.69. The molecule has 1 aliphatic rings. The summed E-state index contributed by atoms with van der Waals surface area (Å²) in [7, 11) is 3.38. The van der Waals surface area contributed by atoms with Gasteiger partial charge in [0.1, 0.15) is 5.56 Å². The fourth-order valence-electron chi connectivity index (χ4n) is 2.69. The van der Waals surface area contributed by atoms with Crippen molar-refractivity contribution >= 4 is 5.91 Å². The van der Waals surface area contributed by atoms with Gasteiger partial charge in [-0.2, -0.15) is 0 Å². The summed E-state index contributed by atoms with van der Waals surface area (Å²) in [6, 6.07) is 3.35. The van der Waals surface area contributed by atoms with Gasteiger partial charge in [0.05, 0.1) is 0 Å². The van der Waals surface area contributed by atoms with E-state index in [1.165, 1.54) is 4.57 Å². The number of carbonyl (C=O) groups is 1. The summed E-state index contributed by atoms with van der Waals surface area (Å²) < 4.78 is 6.49. The molecule has 0 N–H and O–H groups in total. The fraction of sp³-hybridized carbons (Fsp3) is 0.625. The van der Waals surface area contributed by atoms with Crippen molar-refractivity contribution < 1.29 is 9.53 Å². The van der Waals surface area contributed by atoms with E-state index in [4.69, 9.17) is 4.74 Å². The third-order valence-electron chi connectivity index (χ3n) is 4.09. The highest BCUT2D eigenvalue weighted by Gasteiger charge is 2.23. The minimum Gasteiger partial charge on any atom is -0.385 e. The molecule has 1 saturated heterocycles. The number of carbonyl (C=O) groups excluding carboxylic acids is 1. The molecule has 0 spiro atoms. The molecule has 1 aliphatic heterocycles. The van der Waals surface area contributed by atoms with Crippen molar-refractivity contribution in [2.45, 2.75) is 12.8 Å². The van der Waals surface area contributed by atoms with Gasteiger partial charge in [-0.3, -0.25) is 14.5 Å². The Hall–Kier alpha value is -1.66. The van der Waals surface area contributed by atoms with Crippen molar-refractivity contribution in [3.63, 3.8) is 0 Å². The van der Waals surface area contributed by atoms with Crippen LogP contribution in [-0.2, 0) is 11.8 Å². The van der Waals surface area contributed by atoms with Crippen LogP contribution in [0.25, 0.3) is 0 Å². The van der Waals surface area contributed by atoms with E-state index in [1.807, 2.05) is 0 Å². The number of piperazine rings is 1. The Bertz CT molecular complexity index is 548. The molecular formula is C16H25N3O3. The maximum Gasteiger partial charge on any atom is 0.263 e. The van der Waals surface area contributed by atoms with Gasteiger partial charge in [0, 0.05) is 53.1 Å². The number of amides is 1. The van der Waals surface area contributed by atoms with E-state index < -0.39 is 0 Å². The summed E-state index contributed by atoms with van der Waals surface area (Å²) in [6.07, 6.45) is 3.84. The summed E-state index contributed by atoms with van der Waals surface area (Å²) in [4.78, 5) is 28.6. The molecule has 0 unspecified atom stereocenters. The summed E-state index contributed by atoms with van der Waals surface area (Å²) in [6.45, 7) is 4.94. The zero-order valence-corrected chi connectivity index (χ0v) is 13.5. The first-order valence-corrected chi connectivity index (χ1v) is 7.79. The lowest BCUT2D eigenvalue weighted by atomic mass is 10.2. The first-order valence-electron chi connectivity index (χ1n) is 7.79. The molecule has 0 radical (unpaired) electrons. The molecule has 6 nitrogen and oxygen atoms in total. The van der Waals surface area contributed by atoms with Crippen LogP contribution in [0.5, 0.6) is 0 Å². The van der Waals surface area contributed by atoms with Crippen molar-refractivity contribution in [2.24, 2.45) is 7.05 Å². The molecule has 0 saturated carbocycles. The number of pyridine rings is 1. The van der Waals surface area contributed by atoms with E-state index in [1.54, 1.807) is 37.4 Å². The molecular weight excluding hydrogens is 282 g/mol. The van der Waals surface area contributed by atoms with Crippen LogP contribution in [0.4, 0.5) is 0 Å². The first kappa shape index (κ1) is 16.7. The smallest absolute Gasteiger partial charge is 0.263 e. The number of aryl methyl sites for hydroxylation is 1. The molecule has 0 aliphatic carbocycles. The largest absolute Gasteiger partial charge is 0.385 e. The van der Waals surface area contributed by atoms with E-state index in [0.29, 0.717) is 13.1 Å². The maximum atomic E-state index is 12.5. The molecule has 122 valence electrons. The minimum absolute atomic E-state index is 0.153. The van der Waals surface area contributed by atoms with E-state index >= 15 is 0 Å². The van der Waals surface area contributed by atoms with Crippen molar-refractivity contribution in [3.8, 4) is 0 Å². The van der Waals surface area contributed by atoms with E-state index in [2.05, 4.69) is 4.90 Å². The molecule has 0 aromatic carbocycles. The number of aromatic nitrogens is 1. The molecule has 6 heteroatoms. The van der Waals surface area contributed by atoms with Gasteiger partial charge in [-0.15, -0.1) is 0 Å². The Morgan fingerprint density at radius 3 is 2.64 bits per heavy atom. The standard InChI is InChI=1S/C16H25N3O3/c1-17-7-5-6-14(15(17)20)16(21)19-11-9-18(10-12-19)8-3-4-13-22-2/h5-7H,3-4,8-13H2,1-2H3. The van der Waals surface area contributed by atoms with Gasteiger partial charge in [0.25, 0.3) is 11.5 Å². The van der Waals surface area contributed by atoms with E-state index in [9.17, 15) is 9.59 Å². The zero-order chi connectivity index (χ0) is 15.9. The van der Waals surface area contributed by atoms with Crippen LogP contribution in [0.1, 0.15) is 23.2 Å². The van der Waals surface area contributed by atoms with Crippen molar-refractivity contribution in [1.29, 1.82) is 0 Å². The lowest BCUT2D eigenvalue weighted by Gasteiger charge is -2.34. The van der Waals surface area contributed by atoms with E-state index in [0.717, 1.165) is 39.1 Å². The number of unbranched alkanes of at least 4 members (excludes halogenated alkanes) is 1. The predicted octanol–water partition coefficient (Wildman–Crippen LogP) is 0.570. The van der Waals surface area contributed by atoms with Gasteiger partial charge >= 0.3 is 0 Å². The van der Waals surface area contributed by atoms with Crippen LogP contribution in [-0.4, -0.2) is 66.7 Å². The van der Waals surface area contributed by atoms with Crippen molar-refractivity contribution in [2.75, 3.05) is 46.4 Å². The Balaban J connectivity index is 1.85. The number of hydrogen-bond donors (Lipinski definition) is 0. The Kier molecular flexibility index (Phi) is 6.15. The Morgan fingerprint density at radius 2 is 1.95 bits per heavy atom. The Morgan fingerprint density at radius 1 is 1.23 bits per heavy atom. The molecule has 1 fully saturated rings. The summed E-state index contributed by atoms with van der Waals surface area (Å²) in [5.41, 5.74) is 0.0352. The SMILES string of the molecule is COCCCCN1CCN(C(=O)c2cccn(C)c2=O)CC1. The van der Waals surface area contributed by atoms with Gasteiger partial charge in [-0.25, -0.2) is 0 Å². The number of methoxy groups -OCH3 is 1. The van der Waals surface area contributed by atoms with Crippen LogP contribution >= 0.6 is 0 Å². The second kappa shape index (κ2) is 8.10. The molecule has 2 heterocycles. The van der Waals surface area contributed by atoms with E-state index in [-0.39, 0.29) is 17.0 Å². The van der Waals surface area contributed by atoms with Crippen LogP contribution in [0.2, 0.25) is 0 Å².